The van der Waals surface area contributed by atoms with E-state index < -0.39 is 0 Å². The molecular weight excluding hydrogens is 584 g/mol. The molecule has 0 atom stereocenters. The van der Waals surface area contributed by atoms with E-state index in [0.29, 0.717) is 17.8 Å². The van der Waals surface area contributed by atoms with Crippen molar-refractivity contribution < 1.29 is 9.59 Å². The Morgan fingerprint density at radius 1 is 0.975 bits per heavy atom. The van der Waals surface area contributed by atoms with E-state index in [-0.39, 0.29) is 30.2 Å². The van der Waals surface area contributed by atoms with E-state index >= 15 is 0 Å². The van der Waals surface area contributed by atoms with Gasteiger partial charge in [-0.1, -0.05) is 64.1 Å². The number of hydrogen-bond acceptors (Lipinski definition) is 6. The van der Waals surface area contributed by atoms with Crippen LogP contribution in [0.5, 0.6) is 0 Å². The number of halogens is 1. The SMILES string of the molecule is CN(C)c1ccc(CNC(=O)CCNC2=C(C#N)C(=O)c3cccc4c(Sc5ccc(Br)cc5)ccc2c34)cc1. The molecule has 40 heavy (non-hydrogen) atoms. The van der Waals surface area contributed by atoms with E-state index in [1.165, 1.54) is 0 Å². The molecule has 4 aromatic rings. The Morgan fingerprint density at radius 2 is 1.73 bits per heavy atom. The van der Waals surface area contributed by atoms with Gasteiger partial charge in [-0.2, -0.15) is 5.26 Å². The second kappa shape index (κ2) is 12.0. The third kappa shape index (κ3) is 5.76. The molecule has 0 saturated heterocycles. The van der Waals surface area contributed by atoms with Crippen molar-refractivity contribution in [3.8, 4) is 6.07 Å². The number of anilines is 1. The van der Waals surface area contributed by atoms with Crippen molar-refractivity contribution in [2.45, 2.75) is 22.8 Å². The smallest absolute Gasteiger partial charge is 0.222 e. The van der Waals surface area contributed by atoms with Gasteiger partial charge in [0.15, 0.2) is 0 Å². The average Bonchev–Trinajstić information content (AvgIpc) is 2.96. The van der Waals surface area contributed by atoms with Crippen molar-refractivity contribution in [2.75, 3.05) is 25.5 Å². The van der Waals surface area contributed by atoms with Crippen LogP contribution in [0.15, 0.2) is 98.7 Å². The van der Waals surface area contributed by atoms with Crippen LogP contribution < -0.4 is 15.5 Å². The van der Waals surface area contributed by atoms with Crippen LogP contribution in [-0.4, -0.2) is 32.3 Å². The normalized spacial score (nSPS) is 12.3. The van der Waals surface area contributed by atoms with Crippen molar-refractivity contribution >= 4 is 61.5 Å². The van der Waals surface area contributed by atoms with E-state index in [0.717, 1.165) is 41.9 Å². The first-order valence-corrected chi connectivity index (χ1v) is 14.4. The number of nitrogens with one attached hydrogen (secondary N) is 2. The third-order valence-electron chi connectivity index (χ3n) is 6.74. The highest BCUT2D eigenvalue weighted by atomic mass is 79.9. The molecule has 6 nitrogen and oxygen atoms in total. The fourth-order valence-electron chi connectivity index (χ4n) is 4.67. The lowest BCUT2D eigenvalue weighted by Crippen LogP contribution is -2.28. The molecular formula is C32H27BrN4O2S. The number of hydrogen-bond donors (Lipinski definition) is 2. The summed E-state index contributed by atoms with van der Waals surface area (Å²) >= 11 is 5.10. The summed E-state index contributed by atoms with van der Waals surface area (Å²) < 4.78 is 1.01. The Kier molecular flexibility index (Phi) is 8.24. The Bertz CT molecular complexity index is 1670. The van der Waals surface area contributed by atoms with Crippen LogP contribution in [0.25, 0.3) is 16.5 Å². The van der Waals surface area contributed by atoms with Crippen LogP contribution in [0.3, 0.4) is 0 Å². The topological polar surface area (TPSA) is 85.2 Å². The minimum Gasteiger partial charge on any atom is -0.383 e. The number of nitrogens with zero attached hydrogens (tertiary/aromatic N) is 2. The molecule has 2 N–H and O–H groups in total. The third-order valence-corrected chi connectivity index (χ3v) is 8.35. The van der Waals surface area contributed by atoms with Gasteiger partial charge in [0.1, 0.15) is 11.6 Å². The molecule has 1 amide bonds. The summed E-state index contributed by atoms with van der Waals surface area (Å²) in [7, 11) is 3.97. The molecule has 1 aliphatic carbocycles. The lowest BCUT2D eigenvalue weighted by molar-refractivity contribution is -0.121. The van der Waals surface area contributed by atoms with Gasteiger partial charge in [-0.25, -0.2) is 0 Å². The minimum atomic E-state index is -0.306. The molecule has 1 aliphatic rings. The standard InChI is InChI=1S/C32H27BrN4O2S/c1-37(2)22-10-6-20(7-11-22)19-36-29(38)16-17-35-31-25-14-15-28(40-23-12-8-21(33)9-13-23)24-4-3-5-26(30(24)25)32(39)27(31)18-34/h3-15,35H,16-17,19H2,1-2H3,(H,36,38). The number of carbonyl (C=O) groups excluding carboxylic acids is 2. The number of nitriles is 1. The number of rotatable bonds is 9. The largest absolute Gasteiger partial charge is 0.383 e. The highest BCUT2D eigenvalue weighted by Crippen LogP contribution is 2.41. The lowest BCUT2D eigenvalue weighted by atomic mass is 9.86. The molecule has 0 radical (unpaired) electrons. The first kappa shape index (κ1) is 27.5. The average molecular weight is 612 g/mol. The fraction of sp³-hybridized carbons (Fsp3) is 0.156. The van der Waals surface area contributed by atoms with Crippen LogP contribution in [-0.2, 0) is 11.3 Å². The summed E-state index contributed by atoms with van der Waals surface area (Å²) in [5, 5.41) is 17.8. The van der Waals surface area contributed by atoms with E-state index in [4.69, 9.17) is 0 Å². The number of amides is 1. The molecule has 5 rings (SSSR count). The van der Waals surface area contributed by atoms with Crippen molar-refractivity contribution in [2.24, 2.45) is 0 Å². The summed E-state index contributed by atoms with van der Waals surface area (Å²) in [5.74, 6) is -0.420. The highest BCUT2D eigenvalue weighted by molar-refractivity contribution is 9.10. The number of ketones is 1. The number of carbonyl (C=O) groups is 2. The van der Waals surface area contributed by atoms with E-state index in [1.54, 1.807) is 17.8 Å². The zero-order chi connectivity index (χ0) is 28.2. The Morgan fingerprint density at radius 3 is 2.42 bits per heavy atom. The summed E-state index contributed by atoms with van der Waals surface area (Å²) in [6.07, 6.45) is 0.203. The van der Waals surface area contributed by atoms with Gasteiger partial charge in [0, 0.05) is 70.1 Å². The molecule has 0 bridgehead atoms. The van der Waals surface area contributed by atoms with Gasteiger partial charge in [0.05, 0.1) is 5.70 Å². The molecule has 0 aromatic heterocycles. The molecule has 4 aromatic carbocycles. The van der Waals surface area contributed by atoms with Crippen LogP contribution in [0.4, 0.5) is 5.69 Å². The predicted molar refractivity (Wildman–Crippen MR) is 164 cm³/mol. The zero-order valence-corrected chi connectivity index (χ0v) is 24.5. The van der Waals surface area contributed by atoms with E-state index in [2.05, 4.69) is 32.6 Å². The van der Waals surface area contributed by atoms with Crippen LogP contribution >= 0.6 is 27.7 Å². The first-order chi connectivity index (χ1) is 19.4. The first-order valence-electron chi connectivity index (χ1n) is 12.8. The van der Waals surface area contributed by atoms with Gasteiger partial charge in [0.25, 0.3) is 0 Å². The summed E-state index contributed by atoms with van der Waals surface area (Å²) in [5.41, 5.74) is 3.96. The Balaban J connectivity index is 1.32. The molecule has 0 fully saturated rings. The van der Waals surface area contributed by atoms with Crippen molar-refractivity contribution in [3.63, 3.8) is 0 Å². The van der Waals surface area contributed by atoms with Crippen molar-refractivity contribution in [1.29, 1.82) is 5.26 Å². The van der Waals surface area contributed by atoms with Gasteiger partial charge in [0.2, 0.25) is 11.7 Å². The van der Waals surface area contributed by atoms with Gasteiger partial charge < -0.3 is 15.5 Å². The highest BCUT2D eigenvalue weighted by Gasteiger charge is 2.28. The molecule has 200 valence electrons. The van der Waals surface area contributed by atoms with Crippen molar-refractivity contribution in [3.05, 3.63) is 106 Å². The van der Waals surface area contributed by atoms with E-state index in [9.17, 15) is 14.9 Å². The maximum atomic E-state index is 13.4. The van der Waals surface area contributed by atoms with Crippen LogP contribution in [0.1, 0.15) is 27.9 Å². The predicted octanol–water partition coefficient (Wildman–Crippen LogP) is 6.55. The van der Waals surface area contributed by atoms with Gasteiger partial charge >= 0.3 is 0 Å². The fourth-order valence-corrected chi connectivity index (χ4v) is 5.88. The summed E-state index contributed by atoms with van der Waals surface area (Å²) in [6.45, 7) is 0.723. The van der Waals surface area contributed by atoms with Crippen LogP contribution in [0, 0.1) is 11.3 Å². The molecule has 0 saturated carbocycles. The summed E-state index contributed by atoms with van der Waals surface area (Å²) in [6, 6.07) is 27.8. The maximum absolute atomic E-state index is 13.4. The van der Waals surface area contributed by atoms with Gasteiger partial charge in [-0.05, 0) is 53.4 Å². The Labute approximate surface area is 246 Å². The second-order valence-corrected chi connectivity index (χ2v) is 11.6. The number of Topliss-reactive ketones (excluding diaryl/α,β-unsaturated/α-hetero) is 1. The Hall–Kier alpha value is -4.06. The van der Waals surface area contributed by atoms with E-state index in [1.807, 2.05) is 91.8 Å². The monoisotopic (exact) mass is 610 g/mol. The molecule has 0 spiro atoms. The zero-order valence-electron chi connectivity index (χ0n) is 22.1. The van der Waals surface area contributed by atoms with Crippen molar-refractivity contribution in [1.82, 2.24) is 10.6 Å². The molecule has 0 unspecified atom stereocenters. The quantitative estimate of drug-likeness (QED) is 0.224. The second-order valence-electron chi connectivity index (χ2n) is 9.60. The summed E-state index contributed by atoms with van der Waals surface area (Å²) in [4.78, 5) is 30.0. The lowest BCUT2D eigenvalue weighted by Gasteiger charge is -2.22. The molecule has 0 aliphatic heterocycles. The number of benzene rings is 4. The van der Waals surface area contributed by atoms with Gasteiger partial charge in [-0.3, -0.25) is 9.59 Å². The molecule has 0 heterocycles. The molecule has 8 heteroatoms. The maximum Gasteiger partial charge on any atom is 0.222 e. The van der Waals surface area contributed by atoms with Gasteiger partial charge in [-0.15, -0.1) is 0 Å². The minimum absolute atomic E-state index is 0.0645. The van der Waals surface area contributed by atoms with Crippen LogP contribution in [0.2, 0.25) is 0 Å². The number of allylic oxidation sites excluding steroid dienone is 1.